The minimum Gasteiger partial charge on any atom is -0.506 e. The summed E-state index contributed by atoms with van der Waals surface area (Å²) in [6.45, 7) is 0. The molecule has 6 N–H and O–H groups in total. The van der Waals surface area contributed by atoms with Crippen LogP contribution in [0.15, 0.2) is 36.4 Å². The Morgan fingerprint density at radius 1 is 0.474 bits per heavy atom. The van der Waals surface area contributed by atoms with Crippen molar-refractivity contribution in [1.29, 1.82) is 0 Å². The summed E-state index contributed by atoms with van der Waals surface area (Å²) >= 11 is 52.2. The molecule has 0 radical (unpaired) electrons. The fourth-order valence-corrected chi connectivity index (χ4v) is 5.57. The van der Waals surface area contributed by atoms with E-state index in [4.69, 9.17) is 114 Å². The van der Waals surface area contributed by atoms with Crippen LogP contribution in [0.1, 0.15) is 0 Å². The minimum absolute atomic E-state index is 0.00373. The molecule has 0 aliphatic heterocycles. The Bertz CT molecular complexity index is 1500. The van der Waals surface area contributed by atoms with Crippen LogP contribution in [0.4, 0.5) is 11.4 Å². The summed E-state index contributed by atoms with van der Waals surface area (Å²) < 4.78 is 11.6. The first-order valence-electron chi connectivity index (χ1n) is 10.1. The molecule has 0 amide bonds. The molecule has 0 saturated carbocycles. The van der Waals surface area contributed by atoms with Crippen LogP contribution in [0.25, 0.3) is 11.1 Å². The summed E-state index contributed by atoms with van der Waals surface area (Å²) in [5.41, 5.74) is 11.5. The lowest BCUT2D eigenvalue weighted by molar-refractivity contribution is 0.456. The van der Waals surface area contributed by atoms with Crippen LogP contribution >= 0.6 is 92.8 Å². The highest BCUT2D eigenvalue weighted by atomic mass is 35.5. The zero-order chi connectivity index (χ0) is 28.0. The van der Waals surface area contributed by atoms with E-state index in [1.807, 2.05) is 0 Å². The number of nitrogens with two attached hydrogens (primary N) is 2. The van der Waals surface area contributed by atoms with Gasteiger partial charge in [-0.2, -0.15) is 0 Å². The third-order valence-electron chi connectivity index (χ3n) is 5.14. The topological polar surface area (TPSA) is 111 Å². The molecule has 4 rings (SSSR count). The Labute approximate surface area is 256 Å². The Kier molecular flexibility index (Phi) is 8.58. The van der Waals surface area contributed by atoms with Crippen LogP contribution in [0.5, 0.6) is 34.5 Å². The molecule has 4 aromatic rings. The van der Waals surface area contributed by atoms with Gasteiger partial charge in [0.05, 0.1) is 41.5 Å². The molecule has 0 fully saturated rings. The third-order valence-corrected chi connectivity index (χ3v) is 8.48. The number of halogens is 8. The van der Waals surface area contributed by atoms with E-state index in [0.29, 0.717) is 0 Å². The molecule has 0 aliphatic carbocycles. The van der Waals surface area contributed by atoms with Gasteiger partial charge < -0.3 is 31.2 Å². The molecule has 0 atom stereocenters. The second kappa shape index (κ2) is 11.2. The smallest absolute Gasteiger partial charge is 0.166 e. The Morgan fingerprint density at radius 2 is 0.816 bits per heavy atom. The fourth-order valence-electron chi connectivity index (χ4n) is 3.25. The molecular weight excluding hydrogens is 664 g/mol. The van der Waals surface area contributed by atoms with E-state index in [-0.39, 0.29) is 97.2 Å². The lowest BCUT2D eigenvalue weighted by Crippen LogP contribution is -1.97. The quantitative estimate of drug-likeness (QED) is 0.0725. The highest BCUT2D eigenvalue weighted by Crippen LogP contribution is 2.58. The number of phenolic OH excluding ortho intramolecular Hbond substituents is 2. The van der Waals surface area contributed by atoms with Crippen LogP contribution in [0, 0.1) is 0 Å². The molecule has 0 aromatic heterocycles. The maximum atomic E-state index is 9.94. The largest absolute Gasteiger partial charge is 0.506 e. The summed E-state index contributed by atoms with van der Waals surface area (Å²) in [6, 6.07) is 8.26. The van der Waals surface area contributed by atoms with Gasteiger partial charge in [0.25, 0.3) is 0 Å². The minimum atomic E-state index is -0.235. The summed E-state index contributed by atoms with van der Waals surface area (Å²) in [5, 5.41) is 18.8. The van der Waals surface area contributed by atoms with Crippen LogP contribution < -0.4 is 20.9 Å². The molecule has 0 aliphatic rings. The van der Waals surface area contributed by atoms with Crippen molar-refractivity contribution in [2.75, 3.05) is 11.5 Å². The summed E-state index contributed by atoms with van der Waals surface area (Å²) in [6.07, 6.45) is 0. The second-order valence-corrected chi connectivity index (χ2v) is 10.6. The first-order chi connectivity index (χ1) is 17.8. The number of rotatable bonds is 5. The van der Waals surface area contributed by atoms with Gasteiger partial charge >= 0.3 is 0 Å². The number of aromatic hydroxyl groups is 2. The van der Waals surface area contributed by atoms with E-state index in [0.717, 1.165) is 0 Å². The van der Waals surface area contributed by atoms with Crippen LogP contribution in [0.2, 0.25) is 40.2 Å². The average molecular weight is 676 g/mol. The van der Waals surface area contributed by atoms with Crippen molar-refractivity contribution in [1.82, 2.24) is 0 Å². The number of benzene rings is 4. The molecule has 0 heterocycles. The molecule has 4 aromatic carbocycles. The Balaban J connectivity index is 1.94. The molecule has 38 heavy (non-hydrogen) atoms. The maximum Gasteiger partial charge on any atom is 0.166 e. The number of phenols is 2. The van der Waals surface area contributed by atoms with Crippen molar-refractivity contribution < 1.29 is 19.7 Å². The fraction of sp³-hybridized carbons (Fsp3) is 0. The monoisotopic (exact) mass is 672 g/mol. The van der Waals surface area contributed by atoms with Gasteiger partial charge in [0, 0.05) is 23.3 Å². The van der Waals surface area contributed by atoms with Gasteiger partial charge in [0.2, 0.25) is 0 Å². The van der Waals surface area contributed by atoms with Gasteiger partial charge in [-0.25, -0.2) is 0 Å². The highest BCUT2D eigenvalue weighted by molar-refractivity contribution is 6.55. The lowest BCUT2D eigenvalue weighted by Gasteiger charge is -2.21. The number of hydrogen-bond donors (Lipinski definition) is 4. The third kappa shape index (κ3) is 5.25. The zero-order valence-corrected chi connectivity index (χ0v) is 24.4. The highest BCUT2D eigenvalue weighted by Gasteiger charge is 2.30. The molecule has 0 spiro atoms. The van der Waals surface area contributed by atoms with Crippen molar-refractivity contribution in [2.45, 2.75) is 0 Å². The van der Waals surface area contributed by atoms with E-state index < -0.39 is 0 Å². The van der Waals surface area contributed by atoms with Gasteiger partial charge in [-0.15, -0.1) is 0 Å². The number of anilines is 2. The second-order valence-electron chi connectivity index (χ2n) is 7.57. The molecule has 0 bridgehead atoms. The van der Waals surface area contributed by atoms with E-state index in [9.17, 15) is 10.2 Å². The van der Waals surface area contributed by atoms with Crippen LogP contribution in [-0.2, 0) is 0 Å². The van der Waals surface area contributed by atoms with E-state index in [1.165, 1.54) is 36.4 Å². The van der Waals surface area contributed by atoms with Gasteiger partial charge in [-0.05, 0) is 24.3 Å². The first-order valence-corrected chi connectivity index (χ1v) is 13.1. The van der Waals surface area contributed by atoms with Crippen LogP contribution in [0.3, 0.4) is 0 Å². The SMILES string of the molecule is Nc1ccc(Oc2c(Cl)c(Cl)c(Cl)c(-c3c(Cl)c(Cl)c(Cl)c(Oc4ccc(N)c(O)c4)c3Cl)c2Cl)cc1O. The van der Waals surface area contributed by atoms with E-state index in [2.05, 4.69) is 0 Å². The summed E-state index contributed by atoms with van der Waals surface area (Å²) in [7, 11) is 0. The van der Waals surface area contributed by atoms with E-state index >= 15 is 0 Å². The molecular formula is C24H12Cl8N2O4. The molecule has 198 valence electrons. The predicted molar refractivity (Wildman–Crippen MR) is 157 cm³/mol. The van der Waals surface area contributed by atoms with Gasteiger partial charge in [0.1, 0.15) is 33.0 Å². The van der Waals surface area contributed by atoms with Gasteiger partial charge in [0.15, 0.2) is 11.5 Å². The van der Waals surface area contributed by atoms with E-state index in [1.54, 1.807) is 0 Å². The zero-order valence-electron chi connectivity index (χ0n) is 18.4. The summed E-state index contributed by atoms with van der Waals surface area (Å²) in [4.78, 5) is 0. The standard InChI is InChI=1S/C24H12Cl8N2O4/c25-15-13(17(27)23(21(31)19(15)29)37-7-1-3-9(33)11(35)5-7)14-16(26)20(30)22(32)24(18(14)28)38-8-2-4-10(34)12(36)6-8/h1-6,35-36H,33-34H2. The molecule has 0 saturated heterocycles. The van der Waals surface area contributed by atoms with Crippen molar-refractivity contribution in [3.8, 4) is 45.6 Å². The van der Waals surface area contributed by atoms with Crippen molar-refractivity contribution >= 4 is 104 Å². The number of ether oxygens (including phenoxy) is 2. The van der Waals surface area contributed by atoms with Gasteiger partial charge in [-0.3, -0.25) is 0 Å². The first kappa shape index (κ1) is 29.0. The number of hydrogen-bond acceptors (Lipinski definition) is 6. The molecule has 6 nitrogen and oxygen atoms in total. The normalized spacial score (nSPS) is 11.1. The lowest BCUT2D eigenvalue weighted by atomic mass is 10.0. The van der Waals surface area contributed by atoms with Crippen molar-refractivity contribution in [2.24, 2.45) is 0 Å². The van der Waals surface area contributed by atoms with Crippen molar-refractivity contribution in [3.63, 3.8) is 0 Å². The maximum absolute atomic E-state index is 9.94. The van der Waals surface area contributed by atoms with Gasteiger partial charge in [-0.1, -0.05) is 92.8 Å². The Morgan fingerprint density at radius 3 is 1.13 bits per heavy atom. The summed E-state index contributed by atoms with van der Waals surface area (Å²) in [5.74, 6) is -0.481. The molecule has 0 unspecified atom stereocenters. The predicted octanol–water partition coefficient (Wildman–Crippen LogP) is 10.7. The van der Waals surface area contributed by atoms with Crippen LogP contribution in [-0.4, -0.2) is 10.2 Å². The number of nitrogen functional groups attached to an aromatic ring is 2. The van der Waals surface area contributed by atoms with Crippen molar-refractivity contribution in [3.05, 3.63) is 76.6 Å². The Hall–Kier alpha value is -2.00. The average Bonchev–Trinajstić information content (AvgIpc) is 2.88. The molecule has 14 heteroatoms.